The third kappa shape index (κ3) is 3.22. The largest absolute Gasteiger partial charge is 0.367 e. The quantitative estimate of drug-likeness (QED) is 0.586. The molecule has 2 atom stereocenters. The number of likely N-dealkylation sites (tertiary alicyclic amines) is 1. The van der Waals surface area contributed by atoms with E-state index in [4.69, 9.17) is 5.73 Å². The molecule has 2 saturated heterocycles. The van der Waals surface area contributed by atoms with Crippen LogP contribution in [0.15, 0.2) is 18.7 Å². The second-order valence-corrected chi connectivity index (χ2v) is 9.10. The Morgan fingerprint density at radius 1 is 1.19 bits per heavy atom. The van der Waals surface area contributed by atoms with E-state index in [9.17, 15) is 9.59 Å². The number of aryl methyl sites for hydroxylation is 2. The molecule has 2 amide bonds. The van der Waals surface area contributed by atoms with Crippen LogP contribution in [0.4, 0.5) is 10.1 Å². The average Bonchev–Trinajstić information content (AvgIpc) is 3.26. The van der Waals surface area contributed by atoms with Gasteiger partial charge in [-0.05, 0) is 62.1 Å². The van der Waals surface area contributed by atoms with Gasteiger partial charge in [0.1, 0.15) is 5.82 Å². The van der Waals surface area contributed by atoms with Crippen LogP contribution in [0.25, 0.3) is 10.9 Å². The molecule has 6 nitrogen and oxygen atoms in total. The molecule has 31 heavy (non-hydrogen) atoms. The van der Waals surface area contributed by atoms with Gasteiger partial charge in [-0.2, -0.15) is 0 Å². The number of anilines is 1. The van der Waals surface area contributed by atoms with Crippen molar-refractivity contribution in [3.8, 4) is 0 Å². The Balaban J connectivity index is 1.63. The number of H-pyrrole nitrogens is 1. The molecule has 3 aliphatic rings. The Labute approximate surface area is 181 Å². The molecule has 3 N–H and O–H groups in total. The number of benzene rings is 1. The minimum Gasteiger partial charge on any atom is -0.367 e. The zero-order valence-corrected chi connectivity index (χ0v) is 17.8. The van der Waals surface area contributed by atoms with Crippen molar-refractivity contribution in [2.45, 2.75) is 51.0 Å². The topological polar surface area (TPSA) is 82.4 Å². The lowest BCUT2D eigenvalue weighted by atomic mass is 9.91. The number of primary amides is 1. The molecule has 3 heterocycles. The first-order chi connectivity index (χ1) is 15.0. The van der Waals surface area contributed by atoms with Crippen molar-refractivity contribution in [1.29, 1.82) is 0 Å². The van der Waals surface area contributed by atoms with Crippen molar-refractivity contribution in [1.82, 2.24) is 9.88 Å². The number of rotatable bonds is 3. The molecule has 1 aromatic carbocycles. The number of nitrogens with zero attached hydrogens (tertiary/aromatic N) is 2. The number of carbonyl (C=O) groups excluding carboxylic acids is 2. The van der Waals surface area contributed by atoms with Crippen LogP contribution in [0.1, 0.15) is 53.7 Å². The number of carbonyl (C=O) groups is 2. The van der Waals surface area contributed by atoms with Crippen LogP contribution in [-0.2, 0) is 17.6 Å². The molecule has 5 rings (SSSR count). The monoisotopic (exact) mass is 424 g/mol. The Bertz CT molecular complexity index is 1080. The molecule has 0 spiro atoms. The zero-order chi connectivity index (χ0) is 21.7. The summed E-state index contributed by atoms with van der Waals surface area (Å²) in [7, 11) is 0. The Morgan fingerprint density at radius 3 is 2.74 bits per heavy atom. The molecule has 2 aromatic rings. The average molecular weight is 425 g/mol. The highest BCUT2D eigenvalue weighted by Crippen LogP contribution is 2.42. The van der Waals surface area contributed by atoms with Crippen LogP contribution in [0, 0.1) is 11.7 Å². The predicted molar refractivity (Wildman–Crippen MR) is 119 cm³/mol. The van der Waals surface area contributed by atoms with Crippen LogP contribution in [0.2, 0.25) is 0 Å². The van der Waals surface area contributed by atoms with E-state index in [0.717, 1.165) is 74.7 Å². The third-order valence-corrected chi connectivity index (χ3v) is 7.45. The maximum atomic E-state index is 15.6. The second-order valence-electron chi connectivity index (χ2n) is 9.10. The van der Waals surface area contributed by atoms with Gasteiger partial charge in [0.25, 0.3) is 5.91 Å². The highest BCUT2D eigenvalue weighted by Gasteiger charge is 2.41. The van der Waals surface area contributed by atoms with E-state index in [1.54, 1.807) is 0 Å². The van der Waals surface area contributed by atoms with Crippen molar-refractivity contribution < 1.29 is 14.0 Å². The van der Waals surface area contributed by atoms with Gasteiger partial charge in [-0.1, -0.05) is 13.0 Å². The van der Waals surface area contributed by atoms with E-state index in [-0.39, 0.29) is 17.5 Å². The highest BCUT2D eigenvalue weighted by atomic mass is 19.1. The van der Waals surface area contributed by atoms with Crippen molar-refractivity contribution >= 4 is 28.4 Å². The minimum absolute atomic E-state index is 0.0560. The molecule has 1 aromatic heterocycles. The number of hydrogen-bond donors (Lipinski definition) is 2. The van der Waals surface area contributed by atoms with E-state index >= 15 is 4.39 Å². The summed E-state index contributed by atoms with van der Waals surface area (Å²) < 4.78 is 15.6. The third-order valence-electron chi connectivity index (χ3n) is 7.45. The van der Waals surface area contributed by atoms with Gasteiger partial charge >= 0.3 is 0 Å². The lowest BCUT2D eigenvalue weighted by molar-refractivity contribution is -0.127. The molecule has 1 unspecified atom stereocenters. The van der Waals surface area contributed by atoms with Crippen molar-refractivity contribution in [3.63, 3.8) is 0 Å². The summed E-state index contributed by atoms with van der Waals surface area (Å²) >= 11 is 0. The number of piperidine rings is 1. The Kier molecular flexibility index (Phi) is 4.99. The van der Waals surface area contributed by atoms with Gasteiger partial charge in [0, 0.05) is 30.7 Å². The lowest BCUT2D eigenvalue weighted by Gasteiger charge is -2.40. The molecule has 0 radical (unpaired) electrons. The molecule has 7 heteroatoms. The van der Waals surface area contributed by atoms with Crippen LogP contribution < -0.4 is 10.6 Å². The molecule has 0 saturated carbocycles. The molecule has 2 fully saturated rings. The second kappa shape index (κ2) is 7.70. The Morgan fingerprint density at radius 2 is 1.97 bits per heavy atom. The van der Waals surface area contributed by atoms with Gasteiger partial charge in [-0.3, -0.25) is 9.59 Å². The number of nitrogens with two attached hydrogens (primary N) is 1. The van der Waals surface area contributed by atoms with Crippen molar-refractivity contribution in [2.24, 2.45) is 11.7 Å². The van der Waals surface area contributed by atoms with Gasteiger partial charge < -0.3 is 20.5 Å². The zero-order valence-electron chi connectivity index (χ0n) is 17.8. The summed E-state index contributed by atoms with van der Waals surface area (Å²) in [6.45, 7) is 5.69. The minimum atomic E-state index is -0.621. The van der Waals surface area contributed by atoms with E-state index < -0.39 is 11.7 Å². The number of hydrogen-bond acceptors (Lipinski definition) is 3. The number of aromatic nitrogens is 1. The number of nitrogens with one attached hydrogen (secondary N) is 1. The predicted octanol–water partition coefficient (Wildman–Crippen LogP) is 3.29. The number of aromatic amines is 1. The number of fused-ring (bicyclic) bond motifs is 4. The SMILES string of the molecule is C=CC(=O)N1CC[C@@H]2CCN(c3c(F)cc(C(N)=O)c4[nH]c5c(c34)CCCCC5)CC21. The molecule has 2 aliphatic heterocycles. The summed E-state index contributed by atoms with van der Waals surface area (Å²) in [6, 6.07) is 1.34. The van der Waals surface area contributed by atoms with Crippen LogP contribution >= 0.6 is 0 Å². The lowest BCUT2D eigenvalue weighted by Crippen LogP contribution is -2.50. The molecular formula is C24H29FN4O2. The van der Waals surface area contributed by atoms with Gasteiger partial charge in [0.2, 0.25) is 5.91 Å². The van der Waals surface area contributed by atoms with Gasteiger partial charge in [0.05, 0.1) is 22.8 Å². The van der Waals surface area contributed by atoms with Crippen molar-refractivity contribution in [2.75, 3.05) is 24.5 Å². The fourth-order valence-corrected chi connectivity index (χ4v) is 5.95. The standard InChI is InChI=1S/C24H29FN4O2/c1-2-20(30)29-11-9-14-8-10-28(13-19(14)29)23-17(25)12-16(24(26)31)22-21(23)15-6-4-3-5-7-18(15)27-22/h2,12,14,19,27H,1,3-11,13H2,(H2,26,31)/t14-,19?/m0/s1. The summed E-state index contributed by atoms with van der Waals surface area (Å²) in [5.41, 5.74) is 9.25. The van der Waals surface area contributed by atoms with Gasteiger partial charge in [0.15, 0.2) is 0 Å². The van der Waals surface area contributed by atoms with Crippen LogP contribution in [-0.4, -0.2) is 47.4 Å². The number of amides is 2. The molecule has 164 valence electrons. The smallest absolute Gasteiger partial charge is 0.250 e. The van der Waals surface area contributed by atoms with Crippen molar-refractivity contribution in [3.05, 3.63) is 41.4 Å². The first-order valence-corrected chi connectivity index (χ1v) is 11.3. The fourth-order valence-electron chi connectivity index (χ4n) is 5.95. The molecule has 1 aliphatic carbocycles. The first kappa shape index (κ1) is 20.1. The normalized spacial score (nSPS) is 23.4. The summed E-state index contributed by atoms with van der Waals surface area (Å²) in [5.74, 6) is -0.652. The Hall–Kier alpha value is -2.83. The van der Waals surface area contributed by atoms with E-state index in [2.05, 4.69) is 16.5 Å². The van der Waals surface area contributed by atoms with Crippen LogP contribution in [0.3, 0.4) is 0 Å². The van der Waals surface area contributed by atoms with E-state index in [1.807, 2.05) is 4.90 Å². The molecule has 0 bridgehead atoms. The maximum Gasteiger partial charge on any atom is 0.250 e. The fraction of sp³-hybridized carbons (Fsp3) is 0.500. The van der Waals surface area contributed by atoms with E-state index in [0.29, 0.717) is 23.7 Å². The van der Waals surface area contributed by atoms with E-state index in [1.165, 1.54) is 12.1 Å². The highest BCUT2D eigenvalue weighted by molar-refractivity contribution is 6.10. The summed E-state index contributed by atoms with van der Waals surface area (Å²) in [6.07, 6.45) is 8.30. The maximum absolute atomic E-state index is 15.6. The first-order valence-electron chi connectivity index (χ1n) is 11.3. The summed E-state index contributed by atoms with van der Waals surface area (Å²) in [4.78, 5) is 31.9. The summed E-state index contributed by atoms with van der Waals surface area (Å²) in [5, 5.41) is 0.809. The van der Waals surface area contributed by atoms with Gasteiger partial charge in [-0.15, -0.1) is 0 Å². The van der Waals surface area contributed by atoms with Crippen LogP contribution in [0.5, 0.6) is 0 Å². The number of halogens is 1. The molecular weight excluding hydrogens is 395 g/mol. The van der Waals surface area contributed by atoms with Gasteiger partial charge in [-0.25, -0.2) is 4.39 Å².